The lowest BCUT2D eigenvalue weighted by Gasteiger charge is -2.18. The first kappa shape index (κ1) is 10.9. The Morgan fingerprint density at radius 2 is 2.13 bits per heavy atom. The Morgan fingerprint density at radius 3 is 2.80 bits per heavy atom. The summed E-state index contributed by atoms with van der Waals surface area (Å²) < 4.78 is 0. The molecule has 15 heavy (non-hydrogen) atoms. The minimum atomic E-state index is -0.0767. The standard InChI is InChI=1S/C12H20N2O/c13-7-10-2-1-3-12(10)14-8-9-4-5-11(15)6-9/h9-12,14-15H,1-6,8H2. The fraction of sp³-hybridized carbons (Fsp3) is 0.917. The third-order valence-electron chi connectivity index (χ3n) is 3.86. The summed E-state index contributed by atoms with van der Waals surface area (Å²) in [5.74, 6) is 0.844. The molecule has 0 amide bonds. The van der Waals surface area contributed by atoms with E-state index in [-0.39, 0.29) is 12.0 Å². The number of nitriles is 1. The molecule has 3 nitrogen and oxygen atoms in total. The summed E-state index contributed by atoms with van der Waals surface area (Å²) in [4.78, 5) is 0. The number of aliphatic hydroxyl groups excluding tert-OH is 1. The number of nitrogens with one attached hydrogen (secondary N) is 1. The first-order valence-corrected chi connectivity index (χ1v) is 6.10. The van der Waals surface area contributed by atoms with Crippen molar-refractivity contribution in [2.75, 3.05) is 6.54 Å². The van der Waals surface area contributed by atoms with E-state index in [0.717, 1.165) is 38.6 Å². The van der Waals surface area contributed by atoms with Crippen molar-refractivity contribution in [1.82, 2.24) is 5.32 Å². The Bertz CT molecular complexity index is 248. The van der Waals surface area contributed by atoms with Crippen LogP contribution < -0.4 is 5.32 Å². The molecule has 4 unspecified atom stereocenters. The average Bonchev–Trinajstić information content (AvgIpc) is 2.83. The van der Waals surface area contributed by atoms with Crippen molar-refractivity contribution in [1.29, 1.82) is 5.26 Å². The summed E-state index contributed by atoms with van der Waals surface area (Å²) in [6, 6.07) is 2.80. The van der Waals surface area contributed by atoms with E-state index in [4.69, 9.17) is 5.26 Å². The summed E-state index contributed by atoms with van der Waals surface area (Å²) in [5, 5.41) is 21.9. The van der Waals surface area contributed by atoms with Gasteiger partial charge in [-0.25, -0.2) is 0 Å². The number of aliphatic hydroxyl groups is 1. The summed E-state index contributed by atoms with van der Waals surface area (Å²) in [5.41, 5.74) is 0. The van der Waals surface area contributed by atoms with Crippen molar-refractivity contribution in [3.63, 3.8) is 0 Å². The molecule has 0 saturated heterocycles. The Hall–Kier alpha value is -0.590. The van der Waals surface area contributed by atoms with Crippen LogP contribution in [0.4, 0.5) is 0 Å². The minimum Gasteiger partial charge on any atom is -0.393 e. The molecule has 2 aliphatic rings. The number of hydrogen-bond acceptors (Lipinski definition) is 3. The largest absolute Gasteiger partial charge is 0.393 e. The van der Waals surface area contributed by atoms with Gasteiger partial charge in [0.25, 0.3) is 0 Å². The summed E-state index contributed by atoms with van der Waals surface area (Å²) in [6.07, 6.45) is 6.35. The predicted molar refractivity (Wildman–Crippen MR) is 58.1 cm³/mol. The van der Waals surface area contributed by atoms with Gasteiger partial charge in [0.1, 0.15) is 0 Å². The highest BCUT2D eigenvalue weighted by molar-refractivity contribution is 4.96. The number of rotatable bonds is 3. The van der Waals surface area contributed by atoms with Gasteiger partial charge < -0.3 is 10.4 Å². The molecule has 0 spiro atoms. The molecular weight excluding hydrogens is 188 g/mol. The Morgan fingerprint density at radius 1 is 1.27 bits per heavy atom. The van der Waals surface area contributed by atoms with Gasteiger partial charge in [-0.2, -0.15) is 5.26 Å². The van der Waals surface area contributed by atoms with Crippen LogP contribution in [0.5, 0.6) is 0 Å². The van der Waals surface area contributed by atoms with Gasteiger partial charge in [0, 0.05) is 6.04 Å². The van der Waals surface area contributed by atoms with E-state index in [0.29, 0.717) is 12.0 Å². The lowest BCUT2D eigenvalue weighted by Crippen LogP contribution is -2.35. The van der Waals surface area contributed by atoms with Crippen molar-refractivity contribution in [3.8, 4) is 6.07 Å². The molecule has 0 radical (unpaired) electrons. The van der Waals surface area contributed by atoms with E-state index < -0.39 is 0 Å². The zero-order valence-corrected chi connectivity index (χ0v) is 9.15. The highest BCUT2D eigenvalue weighted by Gasteiger charge is 2.28. The highest BCUT2D eigenvalue weighted by atomic mass is 16.3. The number of nitrogens with zero attached hydrogens (tertiary/aromatic N) is 1. The molecule has 84 valence electrons. The lowest BCUT2D eigenvalue weighted by atomic mass is 10.0. The van der Waals surface area contributed by atoms with Gasteiger partial charge in [0.05, 0.1) is 18.1 Å². The van der Waals surface area contributed by atoms with Crippen LogP contribution in [0.1, 0.15) is 38.5 Å². The molecule has 2 fully saturated rings. The van der Waals surface area contributed by atoms with Gasteiger partial charge in [0.15, 0.2) is 0 Å². The lowest BCUT2D eigenvalue weighted by molar-refractivity contribution is 0.177. The molecule has 0 aromatic heterocycles. The predicted octanol–water partition coefficient (Wildman–Crippen LogP) is 1.43. The quantitative estimate of drug-likeness (QED) is 0.737. The summed E-state index contributed by atoms with van der Waals surface area (Å²) in [7, 11) is 0. The van der Waals surface area contributed by atoms with Gasteiger partial charge in [0.2, 0.25) is 0 Å². The topological polar surface area (TPSA) is 56.0 Å². The van der Waals surface area contributed by atoms with Crippen LogP contribution in [0.25, 0.3) is 0 Å². The minimum absolute atomic E-state index is 0.0767. The monoisotopic (exact) mass is 208 g/mol. The zero-order valence-electron chi connectivity index (χ0n) is 9.15. The van der Waals surface area contributed by atoms with Crippen LogP contribution in [0, 0.1) is 23.2 Å². The van der Waals surface area contributed by atoms with Crippen molar-refractivity contribution in [2.45, 2.75) is 50.7 Å². The molecule has 4 atom stereocenters. The fourth-order valence-corrected chi connectivity index (χ4v) is 2.91. The van der Waals surface area contributed by atoms with Gasteiger partial charge in [-0.05, 0) is 44.6 Å². The van der Waals surface area contributed by atoms with Gasteiger partial charge in [-0.3, -0.25) is 0 Å². The van der Waals surface area contributed by atoms with Crippen LogP contribution in [0.15, 0.2) is 0 Å². The summed E-state index contributed by atoms with van der Waals surface area (Å²) in [6.45, 7) is 0.986. The number of hydrogen-bond donors (Lipinski definition) is 2. The van der Waals surface area contributed by atoms with Gasteiger partial charge >= 0.3 is 0 Å². The van der Waals surface area contributed by atoms with E-state index >= 15 is 0 Å². The van der Waals surface area contributed by atoms with Crippen LogP contribution in [0.3, 0.4) is 0 Å². The molecular formula is C12H20N2O. The van der Waals surface area contributed by atoms with Crippen LogP contribution in [-0.4, -0.2) is 23.8 Å². The average molecular weight is 208 g/mol. The third kappa shape index (κ3) is 2.70. The van der Waals surface area contributed by atoms with Gasteiger partial charge in [-0.1, -0.05) is 6.42 Å². The maximum Gasteiger partial charge on any atom is 0.0672 e. The Kier molecular flexibility index (Phi) is 3.61. The first-order valence-electron chi connectivity index (χ1n) is 6.10. The molecule has 2 aliphatic carbocycles. The fourth-order valence-electron chi connectivity index (χ4n) is 2.91. The van der Waals surface area contributed by atoms with E-state index in [9.17, 15) is 5.11 Å². The molecule has 2 saturated carbocycles. The molecule has 2 N–H and O–H groups in total. The SMILES string of the molecule is N#CC1CCCC1NCC1CCC(O)C1. The molecule has 2 rings (SSSR count). The second-order valence-electron chi connectivity index (χ2n) is 5.01. The Balaban J connectivity index is 1.71. The van der Waals surface area contributed by atoms with E-state index in [1.165, 1.54) is 6.42 Å². The molecule has 0 bridgehead atoms. The molecule has 0 aromatic carbocycles. The van der Waals surface area contributed by atoms with E-state index in [1.54, 1.807) is 0 Å². The maximum absolute atomic E-state index is 9.41. The second-order valence-corrected chi connectivity index (χ2v) is 5.01. The normalized spacial score (nSPS) is 40.5. The summed E-state index contributed by atoms with van der Waals surface area (Å²) >= 11 is 0. The van der Waals surface area contributed by atoms with E-state index in [2.05, 4.69) is 11.4 Å². The smallest absolute Gasteiger partial charge is 0.0672 e. The molecule has 3 heteroatoms. The molecule has 0 heterocycles. The first-order chi connectivity index (χ1) is 7.29. The second kappa shape index (κ2) is 4.96. The Labute approximate surface area is 91.5 Å². The van der Waals surface area contributed by atoms with Crippen molar-refractivity contribution in [2.24, 2.45) is 11.8 Å². The van der Waals surface area contributed by atoms with Gasteiger partial charge in [-0.15, -0.1) is 0 Å². The van der Waals surface area contributed by atoms with E-state index in [1.807, 2.05) is 0 Å². The van der Waals surface area contributed by atoms with Crippen molar-refractivity contribution >= 4 is 0 Å². The van der Waals surface area contributed by atoms with Crippen molar-refractivity contribution < 1.29 is 5.11 Å². The highest BCUT2D eigenvalue weighted by Crippen LogP contribution is 2.28. The third-order valence-corrected chi connectivity index (χ3v) is 3.86. The molecule has 0 aromatic rings. The van der Waals surface area contributed by atoms with Crippen LogP contribution in [-0.2, 0) is 0 Å². The van der Waals surface area contributed by atoms with Crippen LogP contribution >= 0.6 is 0 Å². The zero-order chi connectivity index (χ0) is 10.7. The van der Waals surface area contributed by atoms with Crippen molar-refractivity contribution in [3.05, 3.63) is 0 Å². The molecule has 0 aliphatic heterocycles. The van der Waals surface area contributed by atoms with Crippen LogP contribution in [0.2, 0.25) is 0 Å². The maximum atomic E-state index is 9.41.